The molecule has 0 unspecified atom stereocenters. The second kappa shape index (κ2) is 8.03. The quantitative estimate of drug-likeness (QED) is 0.699. The van der Waals surface area contributed by atoms with Crippen LogP contribution in [0.25, 0.3) is 0 Å². The number of hydrogen-bond donors (Lipinski definition) is 0. The molecule has 1 aromatic heterocycles. The van der Waals surface area contributed by atoms with Gasteiger partial charge in [-0.2, -0.15) is 0 Å². The van der Waals surface area contributed by atoms with E-state index in [4.69, 9.17) is 4.84 Å². The Balaban J connectivity index is 1.65. The Hall–Kier alpha value is -2.49. The first kappa shape index (κ1) is 19.3. The van der Waals surface area contributed by atoms with Gasteiger partial charge in [-0.3, -0.25) is 9.63 Å². The molecule has 3 rings (SSSR count). The van der Waals surface area contributed by atoms with E-state index in [1.807, 2.05) is 24.5 Å². The van der Waals surface area contributed by atoms with E-state index >= 15 is 0 Å². The van der Waals surface area contributed by atoms with Crippen molar-refractivity contribution in [1.29, 1.82) is 0 Å². The van der Waals surface area contributed by atoms with Crippen molar-refractivity contribution < 1.29 is 23.0 Å². The van der Waals surface area contributed by atoms with Gasteiger partial charge >= 0.3 is 0 Å². The summed E-state index contributed by atoms with van der Waals surface area (Å²) in [5.41, 5.74) is 1.59. The minimum Gasteiger partial charge on any atom is -0.368 e. The van der Waals surface area contributed by atoms with Crippen LogP contribution >= 0.6 is 0 Å². The molecule has 1 aliphatic heterocycles. The maximum atomic E-state index is 12.7. The molecule has 2 aromatic rings. The van der Waals surface area contributed by atoms with Gasteiger partial charge in [0, 0.05) is 56.6 Å². The van der Waals surface area contributed by atoms with E-state index in [0.29, 0.717) is 18.7 Å². The molecule has 0 saturated carbocycles. The van der Waals surface area contributed by atoms with E-state index < -0.39 is 10.0 Å². The third-order valence-electron chi connectivity index (χ3n) is 4.63. The number of aromatic nitrogens is 1. The number of piperazine rings is 1. The van der Waals surface area contributed by atoms with Gasteiger partial charge in [0.05, 0.1) is 12.0 Å². The van der Waals surface area contributed by atoms with Crippen LogP contribution in [0.1, 0.15) is 10.4 Å². The summed E-state index contributed by atoms with van der Waals surface area (Å²) >= 11 is 0. The van der Waals surface area contributed by atoms with Crippen molar-refractivity contribution in [3.8, 4) is 0 Å². The zero-order valence-electron chi connectivity index (χ0n) is 15.3. The summed E-state index contributed by atoms with van der Waals surface area (Å²) < 4.78 is 25.2. The van der Waals surface area contributed by atoms with Crippen molar-refractivity contribution in [1.82, 2.24) is 9.37 Å². The van der Waals surface area contributed by atoms with Gasteiger partial charge in [0.15, 0.2) is 12.4 Å². The van der Waals surface area contributed by atoms with E-state index in [1.54, 1.807) is 4.90 Å². The highest BCUT2D eigenvalue weighted by molar-refractivity contribution is 7.89. The molecular formula is C18H23N4O4S+. The van der Waals surface area contributed by atoms with Crippen molar-refractivity contribution in [2.45, 2.75) is 4.90 Å². The number of hydrogen-bond acceptors (Lipinski definition) is 5. The molecule has 1 aromatic carbocycles. The second-order valence-corrected chi connectivity index (χ2v) is 8.09. The molecule has 1 aliphatic rings. The fourth-order valence-electron chi connectivity index (χ4n) is 2.96. The normalized spacial score (nSPS) is 15.2. The third-order valence-corrected chi connectivity index (χ3v) is 6.32. The number of amides is 1. The number of rotatable bonds is 5. The lowest BCUT2D eigenvalue weighted by atomic mass is 10.2. The maximum absolute atomic E-state index is 12.7. The van der Waals surface area contributed by atoms with E-state index in [-0.39, 0.29) is 10.8 Å². The monoisotopic (exact) mass is 391 g/mol. The van der Waals surface area contributed by atoms with E-state index in [9.17, 15) is 13.2 Å². The number of aromatic amines is 1. The Labute approximate surface area is 159 Å². The topological polar surface area (TPSA) is 84.3 Å². The molecule has 8 nitrogen and oxygen atoms in total. The van der Waals surface area contributed by atoms with E-state index in [1.165, 1.54) is 38.4 Å². The first-order chi connectivity index (χ1) is 12.9. The summed E-state index contributed by atoms with van der Waals surface area (Å²) in [7, 11) is -1.12. The Morgan fingerprint density at radius 3 is 2.19 bits per heavy atom. The van der Waals surface area contributed by atoms with Crippen LogP contribution in [0.5, 0.6) is 0 Å². The van der Waals surface area contributed by atoms with Gasteiger partial charge in [0.2, 0.25) is 0 Å². The highest BCUT2D eigenvalue weighted by Crippen LogP contribution is 2.18. The van der Waals surface area contributed by atoms with Crippen molar-refractivity contribution in [3.05, 3.63) is 54.4 Å². The zero-order chi connectivity index (χ0) is 19.4. The number of anilines is 1. The molecule has 0 bridgehead atoms. The van der Waals surface area contributed by atoms with Crippen LogP contribution in [0.4, 0.5) is 5.69 Å². The first-order valence-corrected chi connectivity index (χ1v) is 10.0. The maximum Gasteiger partial charge on any atom is 0.264 e. The van der Waals surface area contributed by atoms with Crippen LogP contribution < -0.4 is 9.88 Å². The first-order valence-electron chi connectivity index (χ1n) is 8.57. The fraction of sp³-hybridized carbons (Fsp3) is 0.333. The molecule has 9 heteroatoms. The van der Waals surface area contributed by atoms with Gasteiger partial charge in [-0.25, -0.2) is 13.4 Å². The number of pyridine rings is 1. The smallest absolute Gasteiger partial charge is 0.264 e. The van der Waals surface area contributed by atoms with Crippen molar-refractivity contribution in [2.24, 2.45) is 0 Å². The summed E-state index contributed by atoms with van der Waals surface area (Å²) in [5, 5.41) is 0. The number of nitrogens with one attached hydrogen (secondary N) is 1. The molecule has 2 heterocycles. The highest BCUT2D eigenvalue weighted by atomic mass is 32.2. The lowest BCUT2D eigenvalue weighted by molar-refractivity contribution is -0.377. The third kappa shape index (κ3) is 4.10. The average molecular weight is 391 g/mol. The molecule has 1 N–H and O–H groups in total. The van der Waals surface area contributed by atoms with Gasteiger partial charge < -0.3 is 9.80 Å². The molecule has 144 valence electrons. The minimum atomic E-state index is -3.72. The van der Waals surface area contributed by atoms with Crippen molar-refractivity contribution in [3.63, 3.8) is 0 Å². The molecule has 0 radical (unpaired) electrons. The van der Waals surface area contributed by atoms with Gasteiger partial charge in [-0.15, -0.1) is 0 Å². The van der Waals surface area contributed by atoms with Gasteiger partial charge in [-0.1, -0.05) is 4.47 Å². The summed E-state index contributed by atoms with van der Waals surface area (Å²) in [6.07, 6.45) is 3.76. The largest absolute Gasteiger partial charge is 0.368 e. The molecule has 0 aliphatic carbocycles. The summed E-state index contributed by atoms with van der Waals surface area (Å²) in [6.45, 7) is 2.73. The van der Waals surface area contributed by atoms with E-state index in [2.05, 4.69) is 9.88 Å². The Morgan fingerprint density at radius 1 is 1.04 bits per heavy atom. The van der Waals surface area contributed by atoms with E-state index in [0.717, 1.165) is 23.2 Å². The molecule has 27 heavy (non-hydrogen) atoms. The highest BCUT2D eigenvalue weighted by Gasteiger charge is 2.24. The van der Waals surface area contributed by atoms with Crippen molar-refractivity contribution in [2.75, 3.05) is 45.2 Å². The molecular weight excluding hydrogens is 368 g/mol. The number of nitrogens with zero attached hydrogens (tertiary/aromatic N) is 3. The van der Waals surface area contributed by atoms with Crippen LogP contribution in [-0.4, -0.2) is 64.0 Å². The lowest BCUT2D eigenvalue weighted by Gasteiger charge is -2.35. The SMILES string of the molecule is CON(C)S(=O)(=O)c1ccc(C(=O)N2CCN(c3cc[nH+]cc3)CC2)cc1. The molecule has 0 spiro atoms. The number of hydroxylamine groups is 1. The fourth-order valence-corrected chi connectivity index (χ4v) is 3.93. The van der Waals surface area contributed by atoms with Crippen LogP contribution in [0.3, 0.4) is 0 Å². The second-order valence-electron chi connectivity index (χ2n) is 6.16. The van der Waals surface area contributed by atoms with Crippen LogP contribution in [0.2, 0.25) is 0 Å². The van der Waals surface area contributed by atoms with Crippen LogP contribution in [-0.2, 0) is 14.9 Å². The van der Waals surface area contributed by atoms with Gasteiger partial charge in [-0.05, 0) is 24.3 Å². The Kier molecular flexibility index (Phi) is 5.73. The summed E-state index contributed by atoms with van der Waals surface area (Å²) in [6, 6.07) is 9.95. The molecule has 1 amide bonds. The Morgan fingerprint density at radius 2 is 1.63 bits per heavy atom. The van der Waals surface area contributed by atoms with Gasteiger partial charge in [0.1, 0.15) is 0 Å². The number of H-pyrrole nitrogens is 1. The number of carbonyl (C=O) groups is 1. The average Bonchev–Trinajstić information content (AvgIpc) is 2.73. The molecule has 1 saturated heterocycles. The zero-order valence-corrected chi connectivity index (χ0v) is 16.1. The number of benzene rings is 1. The Bertz CT molecular complexity index is 879. The number of sulfonamides is 1. The van der Waals surface area contributed by atoms with Gasteiger partial charge in [0.25, 0.3) is 15.9 Å². The van der Waals surface area contributed by atoms with Crippen LogP contribution in [0, 0.1) is 0 Å². The number of carbonyl (C=O) groups excluding carboxylic acids is 1. The lowest BCUT2D eigenvalue weighted by Crippen LogP contribution is -2.48. The predicted octanol–water partition coefficient (Wildman–Crippen LogP) is 0.645. The van der Waals surface area contributed by atoms with Crippen LogP contribution in [0.15, 0.2) is 53.7 Å². The van der Waals surface area contributed by atoms with Crippen molar-refractivity contribution >= 4 is 21.6 Å². The summed E-state index contributed by atoms with van der Waals surface area (Å²) in [4.78, 5) is 24.6. The standard InChI is InChI=1S/C18H22N4O4S/c1-20(26-2)27(24,25)17-5-3-15(4-6-17)18(23)22-13-11-21(12-14-22)16-7-9-19-10-8-16/h3-10H,11-14H2,1-2H3/p+1. The molecule has 1 fully saturated rings. The minimum absolute atomic E-state index is 0.0779. The summed E-state index contributed by atoms with van der Waals surface area (Å²) in [5.74, 6) is -0.0971. The molecule has 0 atom stereocenters. The predicted molar refractivity (Wildman–Crippen MR) is 99.5 cm³/mol.